The second-order valence-corrected chi connectivity index (χ2v) is 8.62. The molecule has 0 aromatic heterocycles. The Bertz CT molecular complexity index is 816. The van der Waals surface area contributed by atoms with E-state index in [0.29, 0.717) is 19.6 Å². The third kappa shape index (κ3) is 3.28. The van der Waals surface area contributed by atoms with Gasteiger partial charge in [-0.2, -0.15) is 5.26 Å². The number of carbonyl (C=O) groups is 1. The Morgan fingerprint density at radius 2 is 2.19 bits per heavy atom. The molecule has 0 N–H and O–H groups in total. The topological polar surface area (TPSA) is 65.8 Å². The van der Waals surface area contributed by atoms with Gasteiger partial charge in [-0.1, -0.05) is 6.07 Å². The van der Waals surface area contributed by atoms with Gasteiger partial charge in [-0.3, -0.25) is 4.90 Å². The first-order valence-corrected chi connectivity index (χ1v) is 9.30. The van der Waals surface area contributed by atoms with Crippen LogP contribution in [0.15, 0.2) is 18.2 Å². The largest absolute Gasteiger partial charge is 0.444 e. The normalized spacial score (nSPS) is 30.1. The van der Waals surface area contributed by atoms with E-state index in [-0.39, 0.29) is 29.4 Å². The van der Waals surface area contributed by atoms with E-state index in [2.05, 4.69) is 4.90 Å². The molecular formula is C20H24FN3O3. The van der Waals surface area contributed by atoms with Crippen molar-refractivity contribution in [3.05, 3.63) is 35.1 Å². The zero-order chi connectivity index (χ0) is 19.4. The predicted octanol–water partition coefficient (Wildman–Crippen LogP) is 2.83. The van der Waals surface area contributed by atoms with Crippen molar-refractivity contribution in [2.45, 2.75) is 50.5 Å². The lowest BCUT2D eigenvalue weighted by Crippen LogP contribution is -2.61. The maximum absolute atomic E-state index is 13.6. The molecule has 3 atom stereocenters. The van der Waals surface area contributed by atoms with Crippen molar-refractivity contribution in [1.29, 1.82) is 5.26 Å². The van der Waals surface area contributed by atoms with Crippen LogP contribution < -0.4 is 0 Å². The van der Waals surface area contributed by atoms with Crippen molar-refractivity contribution in [3.63, 3.8) is 0 Å². The van der Waals surface area contributed by atoms with Crippen LogP contribution in [0.1, 0.15) is 44.4 Å². The molecule has 1 amide bonds. The average molecular weight is 373 g/mol. The molecule has 2 unspecified atom stereocenters. The molecule has 1 aromatic carbocycles. The summed E-state index contributed by atoms with van der Waals surface area (Å²) in [6.45, 7) is 8.25. The molecule has 1 spiro atoms. The highest BCUT2D eigenvalue weighted by Gasteiger charge is 2.65. The molecule has 144 valence electrons. The molecule has 1 aliphatic carbocycles. The number of nitriles is 1. The summed E-state index contributed by atoms with van der Waals surface area (Å²) in [5.41, 5.74) is 0.217. The van der Waals surface area contributed by atoms with Gasteiger partial charge in [0.2, 0.25) is 0 Å². The molecule has 6 nitrogen and oxygen atoms in total. The summed E-state index contributed by atoms with van der Waals surface area (Å²) < 4.78 is 25.3. The van der Waals surface area contributed by atoms with Crippen molar-refractivity contribution in [2.75, 3.05) is 26.2 Å². The van der Waals surface area contributed by atoms with E-state index in [9.17, 15) is 9.18 Å². The summed E-state index contributed by atoms with van der Waals surface area (Å²) in [6.07, 6.45) is 0.444. The van der Waals surface area contributed by atoms with Crippen molar-refractivity contribution in [1.82, 2.24) is 9.80 Å². The summed E-state index contributed by atoms with van der Waals surface area (Å²) in [4.78, 5) is 16.6. The minimum Gasteiger partial charge on any atom is -0.444 e. The van der Waals surface area contributed by atoms with Gasteiger partial charge in [-0.05, 0) is 44.9 Å². The number of halogens is 1. The number of amides is 1. The zero-order valence-corrected chi connectivity index (χ0v) is 15.9. The van der Waals surface area contributed by atoms with Gasteiger partial charge < -0.3 is 14.4 Å². The Balaban J connectivity index is 1.46. The third-order valence-corrected chi connectivity index (χ3v) is 5.56. The fourth-order valence-electron chi connectivity index (χ4n) is 4.12. The van der Waals surface area contributed by atoms with Crippen LogP contribution in [-0.4, -0.2) is 59.3 Å². The molecule has 0 bridgehead atoms. The standard InChI is InChI=1S/C20H24FN3O3/c1-19(2,3)27-18(25)23-6-7-24-11-16(26-17-9-20(17,24)12-23)13-4-5-15(21)14(8-13)10-22/h4-5,8,16-17H,6-7,9,11-12H2,1-3H3/t16?,17-,20?/m1/s1. The molecule has 7 heteroatoms. The molecule has 3 aliphatic rings. The number of nitrogens with zero attached hydrogens (tertiary/aromatic N) is 3. The van der Waals surface area contributed by atoms with E-state index in [1.54, 1.807) is 17.0 Å². The van der Waals surface area contributed by atoms with Gasteiger partial charge in [0.15, 0.2) is 0 Å². The highest BCUT2D eigenvalue weighted by molar-refractivity contribution is 5.68. The van der Waals surface area contributed by atoms with E-state index < -0.39 is 11.4 Å². The molecule has 4 rings (SSSR count). The minimum absolute atomic E-state index is 0.0390. The first-order chi connectivity index (χ1) is 12.7. The first-order valence-electron chi connectivity index (χ1n) is 9.30. The smallest absolute Gasteiger partial charge is 0.410 e. The quantitative estimate of drug-likeness (QED) is 0.757. The first kappa shape index (κ1) is 18.2. The van der Waals surface area contributed by atoms with E-state index in [0.717, 1.165) is 18.5 Å². The van der Waals surface area contributed by atoms with Crippen LogP contribution in [-0.2, 0) is 9.47 Å². The van der Waals surface area contributed by atoms with Gasteiger partial charge in [0.1, 0.15) is 17.5 Å². The Labute approximate surface area is 158 Å². The van der Waals surface area contributed by atoms with E-state index >= 15 is 0 Å². The predicted molar refractivity (Wildman–Crippen MR) is 95.5 cm³/mol. The molecule has 0 radical (unpaired) electrons. The number of benzene rings is 1. The number of hydrogen-bond acceptors (Lipinski definition) is 5. The number of rotatable bonds is 1. The monoisotopic (exact) mass is 373 g/mol. The molecule has 1 aromatic rings. The van der Waals surface area contributed by atoms with Crippen LogP contribution in [0.5, 0.6) is 0 Å². The Kier molecular flexibility index (Phi) is 4.17. The SMILES string of the molecule is CC(C)(C)OC(=O)N1CCN2CC(c3ccc(F)c(C#N)c3)O[C@@H]3CC32C1. The molecule has 1 saturated carbocycles. The van der Waals surface area contributed by atoms with E-state index in [4.69, 9.17) is 14.7 Å². The molecule has 3 fully saturated rings. The fraction of sp³-hybridized carbons (Fsp3) is 0.600. The van der Waals surface area contributed by atoms with Gasteiger partial charge in [0, 0.05) is 26.2 Å². The molecule has 2 aliphatic heterocycles. The summed E-state index contributed by atoms with van der Waals surface area (Å²) in [5, 5.41) is 9.06. The van der Waals surface area contributed by atoms with Gasteiger partial charge in [0.25, 0.3) is 0 Å². The summed E-state index contributed by atoms with van der Waals surface area (Å²) >= 11 is 0. The van der Waals surface area contributed by atoms with Crippen LogP contribution in [0.2, 0.25) is 0 Å². The van der Waals surface area contributed by atoms with Gasteiger partial charge in [-0.15, -0.1) is 0 Å². The maximum Gasteiger partial charge on any atom is 0.410 e. The lowest BCUT2D eigenvalue weighted by atomic mass is 10.0. The summed E-state index contributed by atoms with van der Waals surface area (Å²) in [5.74, 6) is -0.510. The van der Waals surface area contributed by atoms with Crippen LogP contribution >= 0.6 is 0 Å². The summed E-state index contributed by atoms with van der Waals surface area (Å²) in [6, 6.07) is 6.48. The Morgan fingerprint density at radius 3 is 2.89 bits per heavy atom. The number of morpholine rings is 1. The molecular weight excluding hydrogens is 349 g/mol. The number of carbonyl (C=O) groups excluding carboxylic acids is 1. The van der Waals surface area contributed by atoms with Crippen molar-refractivity contribution in [3.8, 4) is 6.07 Å². The Hall–Kier alpha value is -2.17. The van der Waals surface area contributed by atoms with Crippen LogP contribution in [0, 0.1) is 17.1 Å². The van der Waals surface area contributed by atoms with E-state index in [1.807, 2.05) is 26.8 Å². The lowest BCUT2D eigenvalue weighted by molar-refractivity contribution is -0.0926. The van der Waals surface area contributed by atoms with Gasteiger partial charge in [0.05, 0.1) is 23.3 Å². The fourth-order valence-corrected chi connectivity index (χ4v) is 4.12. The average Bonchev–Trinajstić information content (AvgIpc) is 3.31. The lowest BCUT2D eigenvalue weighted by Gasteiger charge is -2.46. The zero-order valence-electron chi connectivity index (χ0n) is 15.9. The Morgan fingerprint density at radius 1 is 1.41 bits per heavy atom. The second kappa shape index (κ2) is 6.18. The molecule has 2 saturated heterocycles. The summed E-state index contributed by atoms with van der Waals surface area (Å²) in [7, 11) is 0. The van der Waals surface area contributed by atoms with Crippen molar-refractivity contribution >= 4 is 6.09 Å². The van der Waals surface area contributed by atoms with Crippen molar-refractivity contribution in [2.24, 2.45) is 0 Å². The highest BCUT2D eigenvalue weighted by atomic mass is 19.1. The van der Waals surface area contributed by atoms with Crippen LogP contribution in [0.3, 0.4) is 0 Å². The van der Waals surface area contributed by atoms with Gasteiger partial charge in [-0.25, -0.2) is 9.18 Å². The van der Waals surface area contributed by atoms with Gasteiger partial charge >= 0.3 is 6.09 Å². The molecule has 27 heavy (non-hydrogen) atoms. The van der Waals surface area contributed by atoms with Crippen LogP contribution in [0.25, 0.3) is 0 Å². The molecule has 2 heterocycles. The van der Waals surface area contributed by atoms with E-state index in [1.165, 1.54) is 6.07 Å². The number of hydrogen-bond donors (Lipinski definition) is 0. The highest BCUT2D eigenvalue weighted by Crippen LogP contribution is 2.52. The van der Waals surface area contributed by atoms with Crippen molar-refractivity contribution < 1.29 is 18.7 Å². The van der Waals surface area contributed by atoms with Crippen LogP contribution in [0.4, 0.5) is 9.18 Å². The third-order valence-electron chi connectivity index (χ3n) is 5.56. The number of piperazine rings is 1. The number of ether oxygens (including phenoxy) is 2. The maximum atomic E-state index is 13.6. The second-order valence-electron chi connectivity index (χ2n) is 8.62. The minimum atomic E-state index is -0.510.